The van der Waals surface area contributed by atoms with Gasteiger partial charge in [0.2, 0.25) is 5.91 Å². The summed E-state index contributed by atoms with van der Waals surface area (Å²) in [6, 6.07) is 8.13. The molecule has 4 heteroatoms. The van der Waals surface area contributed by atoms with E-state index in [1.807, 2.05) is 18.4 Å². The van der Waals surface area contributed by atoms with Gasteiger partial charge in [0.1, 0.15) is 0 Å². The number of hydrogen-bond acceptors (Lipinski definition) is 3. The molecule has 0 heterocycles. The summed E-state index contributed by atoms with van der Waals surface area (Å²) >= 11 is 1.57. The molecule has 1 aromatic carbocycles. The Hall–Kier alpha value is -1.00. The topological polar surface area (TPSA) is 49.3 Å². The van der Waals surface area contributed by atoms with E-state index in [0.717, 1.165) is 0 Å². The highest BCUT2D eigenvalue weighted by Gasteiger charge is 2.21. The van der Waals surface area contributed by atoms with Crippen molar-refractivity contribution in [3.8, 4) is 0 Å². The van der Waals surface area contributed by atoms with Crippen molar-refractivity contribution in [2.45, 2.75) is 38.7 Å². The van der Waals surface area contributed by atoms with E-state index in [1.165, 1.54) is 11.1 Å². The fraction of sp³-hybridized carbons (Fsp3) is 0.562. The Balaban J connectivity index is 2.49. The first kappa shape index (κ1) is 17.1. The molecular formula is C16H25NO2S. The summed E-state index contributed by atoms with van der Waals surface area (Å²) in [5.74, 6) is 0.782. The minimum atomic E-state index is -0.846. The summed E-state index contributed by atoms with van der Waals surface area (Å²) in [5.41, 5.74) is 1.57. The van der Waals surface area contributed by atoms with E-state index in [0.29, 0.717) is 18.7 Å². The van der Waals surface area contributed by atoms with Gasteiger partial charge in [0.05, 0.1) is 5.60 Å². The lowest BCUT2D eigenvalue weighted by atomic mass is 9.93. The van der Waals surface area contributed by atoms with Crippen molar-refractivity contribution in [1.82, 2.24) is 5.32 Å². The van der Waals surface area contributed by atoms with Crippen LogP contribution in [0.1, 0.15) is 37.3 Å². The molecule has 0 fully saturated rings. The van der Waals surface area contributed by atoms with Crippen LogP contribution >= 0.6 is 11.8 Å². The number of carbonyl (C=O) groups is 1. The quantitative estimate of drug-likeness (QED) is 0.813. The Kier molecular flexibility index (Phi) is 6.56. The lowest BCUT2D eigenvalue weighted by Crippen LogP contribution is -2.42. The van der Waals surface area contributed by atoms with Crippen molar-refractivity contribution in [3.63, 3.8) is 0 Å². The Morgan fingerprint density at radius 3 is 2.70 bits per heavy atom. The molecule has 0 saturated heterocycles. The zero-order chi connectivity index (χ0) is 15.2. The van der Waals surface area contributed by atoms with E-state index in [9.17, 15) is 9.90 Å². The Morgan fingerprint density at radius 2 is 2.10 bits per heavy atom. The summed E-state index contributed by atoms with van der Waals surface area (Å²) in [6.07, 6.45) is 2.39. The molecule has 112 valence electrons. The lowest BCUT2D eigenvalue weighted by molar-refractivity contribution is -0.122. The van der Waals surface area contributed by atoms with Crippen molar-refractivity contribution in [2.75, 3.05) is 18.6 Å². The monoisotopic (exact) mass is 295 g/mol. The molecule has 1 amide bonds. The highest BCUT2D eigenvalue weighted by atomic mass is 32.2. The molecule has 0 radical (unpaired) electrons. The number of thioether (sulfide) groups is 1. The normalized spacial score (nSPS) is 15.4. The number of carbonyl (C=O) groups excluding carboxylic acids is 1. The van der Waals surface area contributed by atoms with E-state index >= 15 is 0 Å². The zero-order valence-electron chi connectivity index (χ0n) is 12.8. The van der Waals surface area contributed by atoms with Crippen LogP contribution < -0.4 is 5.32 Å². The first-order valence-electron chi connectivity index (χ1n) is 6.89. The van der Waals surface area contributed by atoms with Crippen molar-refractivity contribution >= 4 is 17.7 Å². The van der Waals surface area contributed by atoms with Crippen LogP contribution in [0.2, 0.25) is 0 Å². The molecule has 0 aliphatic carbocycles. The Labute approximate surface area is 126 Å². The second-order valence-electron chi connectivity index (χ2n) is 5.67. The standard InChI is InChI=1S/C16H25NO2S/c1-12-7-5-6-8-14(12)13(2)9-15(18)17-10-16(3,19)11-20-4/h5-8,13,19H,9-11H2,1-4H3,(H,17,18). The minimum absolute atomic E-state index is 0.0119. The lowest BCUT2D eigenvalue weighted by Gasteiger charge is -2.23. The van der Waals surface area contributed by atoms with Gasteiger partial charge in [-0.3, -0.25) is 4.79 Å². The third kappa shape index (κ3) is 5.55. The molecule has 2 N–H and O–H groups in total. The third-order valence-electron chi connectivity index (χ3n) is 3.33. The largest absolute Gasteiger partial charge is 0.387 e. The van der Waals surface area contributed by atoms with Crippen LogP contribution in [0.3, 0.4) is 0 Å². The highest BCUT2D eigenvalue weighted by Crippen LogP contribution is 2.22. The summed E-state index contributed by atoms with van der Waals surface area (Å²) in [5, 5.41) is 12.8. The SMILES string of the molecule is CSCC(C)(O)CNC(=O)CC(C)c1ccccc1C. The van der Waals surface area contributed by atoms with Gasteiger partial charge in [0, 0.05) is 18.7 Å². The summed E-state index contributed by atoms with van der Waals surface area (Å²) in [6.45, 7) is 6.16. The molecule has 0 aliphatic heterocycles. The second-order valence-corrected chi connectivity index (χ2v) is 6.53. The van der Waals surface area contributed by atoms with Crippen LogP contribution in [0.15, 0.2) is 24.3 Å². The number of nitrogens with one attached hydrogen (secondary N) is 1. The molecule has 20 heavy (non-hydrogen) atoms. The van der Waals surface area contributed by atoms with Gasteiger partial charge >= 0.3 is 0 Å². The summed E-state index contributed by atoms with van der Waals surface area (Å²) < 4.78 is 0. The smallest absolute Gasteiger partial charge is 0.220 e. The Bertz CT molecular complexity index is 446. The number of aryl methyl sites for hydroxylation is 1. The predicted octanol–water partition coefficient (Wildman–Crippen LogP) is 2.72. The predicted molar refractivity (Wildman–Crippen MR) is 86.2 cm³/mol. The number of benzene rings is 1. The zero-order valence-corrected chi connectivity index (χ0v) is 13.6. The Morgan fingerprint density at radius 1 is 1.45 bits per heavy atom. The minimum Gasteiger partial charge on any atom is -0.387 e. The van der Waals surface area contributed by atoms with E-state index in [4.69, 9.17) is 0 Å². The first-order chi connectivity index (χ1) is 9.35. The number of amides is 1. The molecular weight excluding hydrogens is 270 g/mol. The van der Waals surface area contributed by atoms with Gasteiger partial charge in [-0.2, -0.15) is 11.8 Å². The molecule has 0 spiro atoms. The van der Waals surface area contributed by atoms with Crippen LogP contribution in [-0.2, 0) is 4.79 Å². The number of rotatable bonds is 7. The van der Waals surface area contributed by atoms with Crippen molar-refractivity contribution in [1.29, 1.82) is 0 Å². The van der Waals surface area contributed by atoms with E-state index in [1.54, 1.807) is 18.7 Å². The van der Waals surface area contributed by atoms with Crippen molar-refractivity contribution in [2.24, 2.45) is 0 Å². The maximum Gasteiger partial charge on any atom is 0.220 e. The average Bonchev–Trinajstić information content (AvgIpc) is 2.37. The molecule has 2 unspecified atom stereocenters. The molecule has 2 atom stereocenters. The van der Waals surface area contributed by atoms with E-state index in [2.05, 4.69) is 31.3 Å². The molecule has 0 bridgehead atoms. The summed E-state index contributed by atoms with van der Waals surface area (Å²) in [7, 11) is 0. The van der Waals surface area contributed by atoms with Gasteiger partial charge in [-0.1, -0.05) is 31.2 Å². The maximum absolute atomic E-state index is 12.0. The van der Waals surface area contributed by atoms with Gasteiger partial charge < -0.3 is 10.4 Å². The van der Waals surface area contributed by atoms with Crippen LogP contribution in [0.4, 0.5) is 0 Å². The fourth-order valence-electron chi connectivity index (χ4n) is 2.25. The van der Waals surface area contributed by atoms with Gasteiger partial charge in [0.15, 0.2) is 0 Å². The van der Waals surface area contributed by atoms with Gasteiger partial charge in [-0.15, -0.1) is 0 Å². The number of aliphatic hydroxyl groups is 1. The second kappa shape index (κ2) is 7.70. The van der Waals surface area contributed by atoms with Crippen LogP contribution in [-0.4, -0.2) is 35.2 Å². The van der Waals surface area contributed by atoms with Gasteiger partial charge in [-0.25, -0.2) is 0 Å². The molecule has 1 rings (SSSR count). The van der Waals surface area contributed by atoms with Crippen LogP contribution in [0.25, 0.3) is 0 Å². The molecule has 0 aliphatic rings. The first-order valence-corrected chi connectivity index (χ1v) is 8.28. The molecule has 3 nitrogen and oxygen atoms in total. The third-order valence-corrected chi connectivity index (χ3v) is 4.24. The van der Waals surface area contributed by atoms with Crippen LogP contribution in [0, 0.1) is 6.92 Å². The number of hydrogen-bond donors (Lipinski definition) is 2. The van der Waals surface area contributed by atoms with Crippen molar-refractivity contribution in [3.05, 3.63) is 35.4 Å². The van der Waals surface area contributed by atoms with E-state index in [-0.39, 0.29) is 11.8 Å². The van der Waals surface area contributed by atoms with Crippen molar-refractivity contribution < 1.29 is 9.90 Å². The molecule has 0 saturated carbocycles. The highest BCUT2D eigenvalue weighted by molar-refractivity contribution is 7.98. The van der Waals surface area contributed by atoms with Crippen LogP contribution in [0.5, 0.6) is 0 Å². The summed E-state index contributed by atoms with van der Waals surface area (Å²) in [4.78, 5) is 12.0. The average molecular weight is 295 g/mol. The molecule has 0 aromatic heterocycles. The maximum atomic E-state index is 12.0. The fourth-order valence-corrected chi connectivity index (χ4v) is 2.97. The van der Waals surface area contributed by atoms with Gasteiger partial charge in [0.25, 0.3) is 0 Å². The van der Waals surface area contributed by atoms with E-state index < -0.39 is 5.60 Å². The van der Waals surface area contributed by atoms with Gasteiger partial charge in [-0.05, 0) is 37.1 Å². The molecule has 1 aromatic rings.